The van der Waals surface area contributed by atoms with Crippen LogP contribution in [0.2, 0.25) is 0 Å². The van der Waals surface area contributed by atoms with Crippen LogP contribution in [-0.4, -0.2) is 75.4 Å². The number of hydrogen-bond acceptors (Lipinski definition) is 8. The van der Waals surface area contributed by atoms with Crippen molar-refractivity contribution in [2.45, 2.75) is 49.0 Å². The molecular weight excluding hydrogens is 547 g/mol. The predicted octanol–water partition coefficient (Wildman–Crippen LogP) is 2.56. The largest absolute Gasteiger partial charge is 0.573 e. The maximum Gasteiger partial charge on any atom is 0.573 e. The van der Waals surface area contributed by atoms with Crippen LogP contribution in [0.3, 0.4) is 0 Å². The maximum atomic E-state index is 13.6. The molecule has 2 aliphatic rings. The van der Waals surface area contributed by atoms with Crippen molar-refractivity contribution in [3.8, 4) is 5.75 Å². The Morgan fingerprint density at radius 3 is 2.38 bits per heavy atom. The molecule has 1 unspecified atom stereocenters. The first-order valence-electron chi connectivity index (χ1n) is 11.8. The summed E-state index contributed by atoms with van der Waals surface area (Å²) < 4.78 is 74.1. The Labute approximate surface area is 222 Å². The number of ether oxygens (including phenoxy) is 2. The summed E-state index contributed by atoms with van der Waals surface area (Å²) in [6, 6.07) is 0.858. The normalized spacial score (nSPS) is 22.1. The van der Waals surface area contributed by atoms with Gasteiger partial charge in [0, 0.05) is 14.1 Å². The van der Waals surface area contributed by atoms with Crippen molar-refractivity contribution in [3.05, 3.63) is 48.3 Å². The van der Waals surface area contributed by atoms with Crippen molar-refractivity contribution in [2.24, 2.45) is 5.41 Å². The van der Waals surface area contributed by atoms with Crippen LogP contribution in [0.25, 0.3) is 0 Å². The molecule has 1 amide bonds. The van der Waals surface area contributed by atoms with Gasteiger partial charge >= 0.3 is 18.4 Å². The molecule has 1 aromatic rings. The topological polar surface area (TPSA) is 151 Å². The molecule has 3 rings (SSSR count). The van der Waals surface area contributed by atoms with Crippen molar-refractivity contribution in [3.63, 3.8) is 0 Å². The first-order valence-corrected chi connectivity index (χ1v) is 13.3. The van der Waals surface area contributed by atoms with Crippen LogP contribution >= 0.6 is 0 Å². The second-order valence-corrected chi connectivity index (χ2v) is 11.0. The lowest BCUT2D eigenvalue weighted by molar-refractivity contribution is -0.274. The molecule has 0 radical (unpaired) electrons. The van der Waals surface area contributed by atoms with E-state index in [1.54, 1.807) is 0 Å². The number of hydrogen-bond donors (Lipinski definition) is 3. The highest BCUT2D eigenvalue weighted by atomic mass is 32.2. The molecule has 11 nitrogen and oxygen atoms in total. The zero-order valence-corrected chi connectivity index (χ0v) is 21.8. The number of Topliss-reactive ketones (excluding diaryl/α,β-unsaturated/α-hetero) is 1. The summed E-state index contributed by atoms with van der Waals surface area (Å²) in [7, 11) is -1.57. The number of aliphatic carboxylic acids is 1. The summed E-state index contributed by atoms with van der Waals surface area (Å²) >= 11 is 0. The molecule has 3 atom stereocenters. The van der Waals surface area contributed by atoms with Crippen LogP contribution in [0.1, 0.15) is 25.7 Å². The Kier molecular flexibility index (Phi) is 9.08. The molecule has 1 aliphatic heterocycles. The van der Waals surface area contributed by atoms with E-state index in [0.29, 0.717) is 13.0 Å². The number of benzene rings is 1. The maximum absolute atomic E-state index is 13.6. The molecule has 0 spiro atoms. The van der Waals surface area contributed by atoms with Gasteiger partial charge in [0.05, 0.1) is 16.4 Å². The highest BCUT2D eigenvalue weighted by Crippen LogP contribution is 2.39. The molecule has 0 saturated carbocycles. The lowest BCUT2D eigenvalue weighted by Gasteiger charge is -2.35. The summed E-state index contributed by atoms with van der Waals surface area (Å²) in [4.78, 5) is 38.3. The molecular formula is C24H28F3N3O8S. The van der Waals surface area contributed by atoms with Gasteiger partial charge in [-0.2, -0.15) is 4.72 Å². The van der Waals surface area contributed by atoms with Gasteiger partial charge in [-0.3, -0.25) is 9.59 Å². The van der Waals surface area contributed by atoms with Crippen LogP contribution in [0.15, 0.2) is 53.1 Å². The summed E-state index contributed by atoms with van der Waals surface area (Å²) in [6.07, 6.45) is -0.704. The second-order valence-electron chi connectivity index (χ2n) is 9.31. The SMILES string of the molecule is CN(C)C(=O)OC1=CCC(C[C@H](NS(=O)(=O)c2ccc(OC(F)(F)F)cc2)C(=O)O)(C(=O)[C@@H]2CCCN2)C=C1. The van der Waals surface area contributed by atoms with E-state index in [2.05, 4.69) is 10.1 Å². The van der Waals surface area contributed by atoms with Gasteiger partial charge in [-0.25, -0.2) is 13.2 Å². The quantitative estimate of drug-likeness (QED) is 0.382. The summed E-state index contributed by atoms with van der Waals surface area (Å²) in [5, 5.41) is 12.9. The number of amides is 1. The number of rotatable bonds is 10. The third kappa shape index (κ3) is 7.80. The van der Waals surface area contributed by atoms with Gasteiger partial charge < -0.3 is 24.8 Å². The van der Waals surface area contributed by atoms with Gasteiger partial charge in [0.2, 0.25) is 10.0 Å². The number of sulfonamides is 1. The number of halogens is 3. The second kappa shape index (κ2) is 11.8. The van der Waals surface area contributed by atoms with Crippen molar-refractivity contribution in [2.75, 3.05) is 20.6 Å². The van der Waals surface area contributed by atoms with E-state index in [4.69, 9.17) is 4.74 Å². The van der Waals surface area contributed by atoms with E-state index in [-0.39, 0.29) is 18.0 Å². The number of nitrogens with one attached hydrogen (secondary N) is 2. The van der Waals surface area contributed by atoms with E-state index in [1.807, 2.05) is 4.72 Å². The molecule has 214 valence electrons. The Hall–Kier alpha value is -3.43. The van der Waals surface area contributed by atoms with Crippen LogP contribution in [0.4, 0.5) is 18.0 Å². The zero-order valence-electron chi connectivity index (χ0n) is 21.0. The van der Waals surface area contributed by atoms with E-state index in [9.17, 15) is 41.1 Å². The monoisotopic (exact) mass is 575 g/mol. The first kappa shape index (κ1) is 30.1. The average Bonchev–Trinajstić information content (AvgIpc) is 3.38. The Bertz CT molecular complexity index is 1260. The third-order valence-electron chi connectivity index (χ3n) is 6.20. The number of nitrogens with zero attached hydrogens (tertiary/aromatic N) is 1. The fraction of sp³-hybridized carbons (Fsp3) is 0.458. The van der Waals surface area contributed by atoms with Crippen molar-refractivity contribution < 1.29 is 50.6 Å². The standard InChI is InChI=1S/C24H28F3N3O8S/c1-30(2)22(34)37-15-9-11-23(12-10-15,20(31)18-4-3-13-28-18)14-19(21(32)33)29-39(35,36)17-7-5-16(6-8-17)38-24(25,26)27/h5-11,18-19,28-29H,3-4,12-14H2,1-2H3,(H,32,33)/t18-,19-,23?/m0/s1. The van der Waals surface area contributed by atoms with E-state index >= 15 is 0 Å². The number of allylic oxidation sites excluding steroid dienone is 3. The molecule has 1 saturated heterocycles. The molecule has 1 aliphatic carbocycles. The lowest BCUT2D eigenvalue weighted by atomic mass is 9.70. The minimum Gasteiger partial charge on any atom is -0.480 e. The fourth-order valence-corrected chi connectivity index (χ4v) is 5.43. The molecule has 0 bridgehead atoms. The van der Waals surface area contributed by atoms with E-state index in [0.717, 1.165) is 30.7 Å². The van der Waals surface area contributed by atoms with E-state index in [1.165, 1.54) is 37.2 Å². The number of carbonyl (C=O) groups is 3. The minimum absolute atomic E-state index is 0.0639. The zero-order chi connectivity index (χ0) is 29.0. The van der Waals surface area contributed by atoms with Gasteiger partial charge in [-0.15, -0.1) is 13.2 Å². The van der Waals surface area contributed by atoms with Gasteiger partial charge in [0.25, 0.3) is 0 Å². The number of carboxylic acid groups (broad SMARTS) is 1. The smallest absolute Gasteiger partial charge is 0.480 e. The molecule has 3 N–H and O–H groups in total. The lowest BCUT2D eigenvalue weighted by Crippen LogP contribution is -2.49. The number of carbonyl (C=O) groups excluding carboxylic acids is 2. The fourth-order valence-electron chi connectivity index (χ4n) is 4.24. The van der Waals surface area contributed by atoms with Gasteiger partial charge in [-0.1, -0.05) is 6.08 Å². The van der Waals surface area contributed by atoms with Crippen LogP contribution < -0.4 is 14.8 Å². The molecule has 15 heteroatoms. The number of ketones is 1. The predicted molar refractivity (Wildman–Crippen MR) is 130 cm³/mol. The Morgan fingerprint density at radius 1 is 1.23 bits per heavy atom. The highest BCUT2D eigenvalue weighted by Gasteiger charge is 2.45. The Morgan fingerprint density at radius 2 is 1.90 bits per heavy atom. The van der Waals surface area contributed by atoms with Crippen molar-refractivity contribution in [1.82, 2.24) is 14.9 Å². The van der Waals surface area contributed by atoms with Crippen LogP contribution in [0.5, 0.6) is 5.75 Å². The third-order valence-corrected chi connectivity index (χ3v) is 7.69. The average molecular weight is 576 g/mol. The van der Waals surface area contributed by atoms with Crippen LogP contribution in [-0.2, 0) is 24.3 Å². The van der Waals surface area contributed by atoms with Gasteiger partial charge in [-0.05, 0) is 68.6 Å². The first-order chi connectivity index (χ1) is 18.1. The molecule has 1 fully saturated rings. The summed E-state index contributed by atoms with van der Waals surface area (Å²) in [5.41, 5.74) is -1.45. The summed E-state index contributed by atoms with van der Waals surface area (Å²) in [6.45, 7) is 0.584. The van der Waals surface area contributed by atoms with Gasteiger partial charge in [0.1, 0.15) is 17.6 Å². The molecule has 1 aromatic carbocycles. The highest BCUT2D eigenvalue weighted by molar-refractivity contribution is 7.89. The summed E-state index contributed by atoms with van der Waals surface area (Å²) in [5.74, 6) is -2.42. The molecule has 39 heavy (non-hydrogen) atoms. The minimum atomic E-state index is -4.98. The van der Waals surface area contributed by atoms with E-state index < -0.39 is 63.0 Å². The number of alkyl halides is 3. The van der Waals surface area contributed by atoms with Crippen molar-refractivity contribution >= 4 is 27.9 Å². The van der Waals surface area contributed by atoms with Crippen molar-refractivity contribution in [1.29, 1.82) is 0 Å². The molecule has 1 heterocycles. The van der Waals surface area contributed by atoms with Crippen LogP contribution in [0, 0.1) is 5.41 Å². The number of carboxylic acids is 1. The Balaban J connectivity index is 1.85. The molecule has 0 aromatic heterocycles. The van der Waals surface area contributed by atoms with Gasteiger partial charge in [0.15, 0.2) is 5.78 Å².